The number of nitrogens with one attached hydrogen (secondary N) is 1. The van der Waals surface area contributed by atoms with Gasteiger partial charge < -0.3 is 4.42 Å². The van der Waals surface area contributed by atoms with Crippen LogP contribution in [-0.2, 0) is 13.1 Å². The number of amides is 1. The van der Waals surface area contributed by atoms with Gasteiger partial charge in [-0.2, -0.15) is 0 Å². The first kappa shape index (κ1) is 12.8. The molecule has 0 saturated heterocycles. The van der Waals surface area contributed by atoms with Gasteiger partial charge in [0.2, 0.25) is 0 Å². The normalized spacial score (nSPS) is 10.8. The van der Waals surface area contributed by atoms with Crippen LogP contribution in [0.15, 0.2) is 34.3 Å². The molecule has 0 unspecified atom stereocenters. The third kappa shape index (κ3) is 2.98. The van der Waals surface area contributed by atoms with Crippen molar-refractivity contribution in [3.8, 4) is 0 Å². The number of furan rings is 1. The lowest BCUT2D eigenvalue weighted by atomic mass is 10.2. The third-order valence-corrected chi connectivity index (χ3v) is 3.40. The van der Waals surface area contributed by atoms with Crippen LogP contribution in [0.4, 0.5) is 0 Å². The molecule has 2 aromatic rings. The van der Waals surface area contributed by atoms with E-state index in [1.807, 2.05) is 18.5 Å². The Kier molecular flexibility index (Phi) is 4.14. The van der Waals surface area contributed by atoms with E-state index in [1.54, 1.807) is 17.4 Å². The van der Waals surface area contributed by atoms with Gasteiger partial charge in [-0.3, -0.25) is 15.1 Å². The minimum Gasteiger partial charge on any atom is -0.467 e. The molecule has 0 spiro atoms. The molecule has 2 heterocycles. The van der Waals surface area contributed by atoms with E-state index < -0.39 is 0 Å². The summed E-state index contributed by atoms with van der Waals surface area (Å²) in [5.74, 6) is 5.41. The molecule has 6 heteroatoms. The van der Waals surface area contributed by atoms with Crippen molar-refractivity contribution in [1.29, 1.82) is 0 Å². The van der Waals surface area contributed by atoms with Crippen LogP contribution in [0, 0.1) is 0 Å². The highest BCUT2D eigenvalue weighted by Crippen LogP contribution is 2.16. The van der Waals surface area contributed by atoms with E-state index in [-0.39, 0.29) is 5.91 Å². The molecule has 0 aliphatic carbocycles. The number of hydrazine groups is 1. The number of nitrogen functional groups attached to an aromatic ring is 1. The van der Waals surface area contributed by atoms with Crippen LogP contribution in [0.3, 0.4) is 0 Å². The maximum atomic E-state index is 11.5. The smallest absolute Gasteiger partial charge is 0.268 e. The van der Waals surface area contributed by atoms with Gasteiger partial charge >= 0.3 is 0 Å². The van der Waals surface area contributed by atoms with Crippen molar-refractivity contribution in [3.05, 3.63) is 46.0 Å². The molecule has 0 aliphatic rings. The second-order valence-electron chi connectivity index (χ2n) is 3.98. The number of nitrogens with two attached hydrogens (primary N) is 1. The molecule has 2 aromatic heterocycles. The lowest BCUT2D eigenvalue weighted by Gasteiger charge is -2.14. The van der Waals surface area contributed by atoms with Gasteiger partial charge in [0, 0.05) is 11.4 Å². The predicted octanol–water partition coefficient (Wildman–Crippen LogP) is 1.58. The van der Waals surface area contributed by atoms with Crippen LogP contribution in [0.1, 0.15) is 21.0 Å². The molecule has 18 heavy (non-hydrogen) atoms. The van der Waals surface area contributed by atoms with E-state index in [9.17, 15) is 4.79 Å². The molecule has 2 rings (SSSR count). The average molecular weight is 265 g/mol. The average Bonchev–Trinajstić information content (AvgIpc) is 2.99. The number of hydrogen-bond acceptors (Lipinski definition) is 5. The van der Waals surface area contributed by atoms with E-state index in [0.717, 1.165) is 6.54 Å². The summed E-state index contributed by atoms with van der Waals surface area (Å²) in [5.41, 5.74) is 2.59. The fraction of sp³-hybridized carbons (Fsp3) is 0.250. The Morgan fingerprint density at radius 3 is 3.00 bits per heavy atom. The molecule has 96 valence electrons. The number of rotatable bonds is 5. The van der Waals surface area contributed by atoms with Crippen LogP contribution in [0.25, 0.3) is 0 Å². The molecule has 1 amide bonds. The number of carbonyl (C=O) groups is 1. The molecule has 0 bridgehead atoms. The minimum atomic E-state index is -0.330. The first-order chi connectivity index (χ1) is 8.70. The molecule has 0 aliphatic heterocycles. The molecule has 0 atom stereocenters. The Bertz CT molecular complexity index is 507. The topological polar surface area (TPSA) is 71.5 Å². The molecule has 0 saturated carbocycles. The summed E-state index contributed by atoms with van der Waals surface area (Å²) in [6.07, 6.45) is 1.50. The Labute approximate surface area is 109 Å². The standard InChI is InChI=1S/C12H15N3O2S/c1-15(7-9-3-2-6-18-9)8-11-10(4-5-17-11)12(16)14-13/h2-6H,7-8,13H2,1H3,(H,14,16). The SMILES string of the molecule is CN(Cc1cccs1)Cc1occc1C(=O)NN. The van der Waals surface area contributed by atoms with Gasteiger partial charge in [-0.15, -0.1) is 11.3 Å². The highest BCUT2D eigenvalue weighted by molar-refractivity contribution is 7.09. The molecule has 0 aromatic carbocycles. The summed E-state index contributed by atoms with van der Waals surface area (Å²) < 4.78 is 5.32. The monoisotopic (exact) mass is 265 g/mol. The predicted molar refractivity (Wildman–Crippen MR) is 69.9 cm³/mol. The maximum absolute atomic E-state index is 11.5. The molecule has 5 nitrogen and oxygen atoms in total. The molecule has 3 N–H and O–H groups in total. The number of thiophene rings is 1. The van der Waals surface area contributed by atoms with Crippen LogP contribution in [0.2, 0.25) is 0 Å². The summed E-state index contributed by atoms with van der Waals surface area (Å²) in [6.45, 7) is 1.38. The van der Waals surface area contributed by atoms with Crippen molar-refractivity contribution < 1.29 is 9.21 Å². The molecule has 0 fully saturated rings. The summed E-state index contributed by atoms with van der Waals surface area (Å²) in [7, 11) is 1.98. The van der Waals surface area contributed by atoms with E-state index in [2.05, 4.69) is 16.4 Å². The van der Waals surface area contributed by atoms with E-state index in [4.69, 9.17) is 10.3 Å². The summed E-state index contributed by atoms with van der Waals surface area (Å²) in [4.78, 5) is 14.8. The summed E-state index contributed by atoms with van der Waals surface area (Å²) in [5, 5.41) is 2.05. The van der Waals surface area contributed by atoms with E-state index >= 15 is 0 Å². The quantitative estimate of drug-likeness (QED) is 0.489. The Morgan fingerprint density at radius 2 is 2.33 bits per heavy atom. The summed E-state index contributed by atoms with van der Waals surface area (Å²) >= 11 is 1.71. The second kappa shape index (κ2) is 5.81. The first-order valence-electron chi connectivity index (χ1n) is 5.49. The van der Waals surface area contributed by atoms with Gasteiger partial charge in [0.05, 0.1) is 18.4 Å². The Balaban J connectivity index is 2.01. The zero-order valence-corrected chi connectivity index (χ0v) is 10.9. The lowest BCUT2D eigenvalue weighted by molar-refractivity contribution is 0.0950. The van der Waals surface area contributed by atoms with Crippen molar-refractivity contribution in [2.75, 3.05) is 7.05 Å². The van der Waals surface area contributed by atoms with Gasteiger partial charge in [-0.25, -0.2) is 5.84 Å². The molecular weight excluding hydrogens is 250 g/mol. The first-order valence-corrected chi connectivity index (χ1v) is 6.37. The van der Waals surface area contributed by atoms with Crippen LogP contribution >= 0.6 is 11.3 Å². The van der Waals surface area contributed by atoms with Crippen LogP contribution < -0.4 is 11.3 Å². The highest BCUT2D eigenvalue weighted by Gasteiger charge is 2.15. The fourth-order valence-corrected chi connectivity index (χ4v) is 2.50. The number of nitrogens with zero attached hydrogens (tertiary/aromatic N) is 1. The van der Waals surface area contributed by atoms with E-state index in [1.165, 1.54) is 11.1 Å². The largest absolute Gasteiger partial charge is 0.467 e. The molecular formula is C12H15N3O2S. The van der Waals surface area contributed by atoms with Crippen molar-refractivity contribution in [3.63, 3.8) is 0 Å². The Hall–Kier alpha value is -1.63. The van der Waals surface area contributed by atoms with Gasteiger partial charge in [0.25, 0.3) is 5.91 Å². The van der Waals surface area contributed by atoms with Gasteiger partial charge in [-0.1, -0.05) is 6.07 Å². The van der Waals surface area contributed by atoms with Gasteiger partial charge in [0.15, 0.2) is 0 Å². The van der Waals surface area contributed by atoms with E-state index in [0.29, 0.717) is 17.9 Å². The summed E-state index contributed by atoms with van der Waals surface area (Å²) in [6, 6.07) is 5.72. The van der Waals surface area contributed by atoms with Crippen molar-refractivity contribution in [2.24, 2.45) is 5.84 Å². The van der Waals surface area contributed by atoms with Crippen LogP contribution in [-0.4, -0.2) is 17.9 Å². The van der Waals surface area contributed by atoms with Crippen molar-refractivity contribution >= 4 is 17.2 Å². The van der Waals surface area contributed by atoms with Crippen molar-refractivity contribution in [1.82, 2.24) is 10.3 Å². The maximum Gasteiger partial charge on any atom is 0.268 e. The highest BCUT2D eigenvalue weighted by atomic mass is 32.1. The minimum absolute atomic E-state index is 0.330. The zero-order chi connectivity index (χ0) is 13.0. The van der Waals surface area contributed by atoms with Gasteiger partial charge in [0.1, 0.15) is 5.76 Å². The van der Waals surface area contributed by atoms with Crippen LogP contribution in [0.5, 0.6) is 0 Å². The zero-order valence-electron chi connectivity index (χ0n) is 10.1. The molecule has 0 radical (unpaired) electrons. The second-order valence-corrected chi connectivity index (χ2v) is 5.01. The van der Waals surface area contributed by atoms with Crippen molar-refractivity contribution in [2.45, 2.75) is 13.1 Å². The lowest BCUT2D eigenvalue weighted by Crippen LogP contribution is -2.31. The number of carbonyl (C=O) groups excluding carboxylic acids is 1. The third-order valence-electron chi connectivity index (χ3n) is 2.54. The Morgan fingerprint density at radius 1 is 1.50 bits per heavy atom. The fourth-order valence-electron chi connectivity index (χ4n) is 1.71. The number of hydrogen-bond donors (Lipinski definition) is 2. The van der Waals surface area contributed by atoms with Gasteiger partial charge in [-0.05, 0) is 24.6 Å².